The lowest BCUT2D eigenvalue weighted by atomic mass is 9.99. The van der Waals surface area contributed by atoms with Gasteiger partial charge in [-0.25, -0.2) is 9.67 Å². The summed E-state index contributed by atoms with van der Waals surface area (Å²) in [5.74, 6) is 2.62. The van der Waals surface area contributed by atoms with Gasteiger partial charge in [-0.2, -0.15) is 5.10 Å². The van der Waals surface area contributed by atoms with Crippen LogP contribution in [0, 0.1) is 12.8 Å². The van der Waals surface area contributed by atoms with Crippen LogP contribution in [0.2, 0.25) is 0 Å². The summed E-state index contributed by atoms with van der Waals surface area (Å²) >= 11 is 0. The van der Waals surface area contributed by atoms with Gasteiger partial charge >= 0.3 is 0 Å². The van der Waals surface area contributed by atoms with Gasteiger partial charge in [0.05, 0.1) is 13.2 Å². The maximum Gasteiger partial charge on any atom is 0.140 e. The number of hydrogen-bond acceptors (Lipinski definition) is 4. The van der Waals surface area contributed by atoms with Crippen LogP contribution in [-0.2, 0) is 13.1 Å². The van der Waals surface area contributed by atoms with Gasteiger partial charge < -0.3 is 4.74 Å². The van der Waals surface area contributed by atoms with Gasteiger partial charge in [0, 0.05) is 19.0 Å². The number of hydrogen-bond donors (Lipinski definition) is 0. The summed E-state index contributed by atoms with van der Waals surface area (Å²) in [6.45, 7) is 8.96. The van der Waals surface area contributed by atoms with E-state index in [-0.39, 0.29) is 0 Å². The summed E-state index contributed by atoms with van der Waals surface area (Å²) in [5, 5.41) is 4.26. The van der Waals surface area contributed by atoms with Gasteiger partial charge in [-0.1, -0.05) is 17.7 Å². The van der Waals surface area contributed by atoms with Gasteiger partial charge in [0.2, 0.25) is 0 Å². The van der Waals surface area contributed by atoms with Gasteiger partial charge in [-0.3, -0.25) is 4.90 Å². The molecule has 2 aromatic rings. The second-order valence-corrected chi connectivity index (χ2v) is 6.36. The molecule has 1 unspecified atom stereocenters. The van der Waals surface area contributed by atoms with Crippen LogP contribution < -0.4 is 4.74 Å². The van der Waals surface area contributed by atoms with Crippen LogP contribution in [0.5, 0.6) is 5.75 Å². The zero-order valence-electron chi connectivity index (χ0n) is 14.1. The summed E-state index contributed by atoms with van der Waals surface area (Å²) in [6.07, 6.45) is 4.12. The third kappa shape index (κ3) is 4.32. The summed E-state index contributed by atoms with van der Waals surface area (Å²) < 4.78 is 7.95. The fourth-order valence-electron chi connectivity index (χ4n) is 3.15. The maximum atomic E-state index is 5.97. The van der Waals surface area contributed by atoms with Crippen molar-refractivity contribution in [3.63, 3.8) is 0 Å². The van der Waals surface area contributed by atoms with Crippen molar-refractivity contribution < 1.29 is 4.74 Å². The van der Waals surface area contributed by atoms with Crippen molar-refractivity contribution in [2.45, 2.75) is 39.8 Å². The monoisotopic (exact) mass is 314 g/mol. The molecule has 0 aliphatic carbocycles. The molecular weight excluding hydrogens is 288 g/mol. The van der Waals surface area contributed by atoms with Crippen molar-refractivity contribution in [1.29, 1.82) is 0 Å². The van der Waals surface area contributed by atoms with E-state index in [1.807, 2.05) is 4.68 Å². The average molecular weight is 314 g/mol. The molecule has 0 radical (unpaired) electrons. The Kier molecular flexibility index (Phi) is 5.28. The van der Waals surface area contributed by atoms with Gasteiger partial charge in [0.15, 0.2) is 0 Å². The van der Waals surface area contributed by atoms with Gasteiger partial charge in [0.1, 0.15) is 17.9 Å². The molecule has 5 nitrogen and oxygen atoms in total. The van der Waals surface area contributed by atoms with E-state index in [0.29, 0.717) is 5.92 Å². The first-order chi connectivity index (χ1) is 11.2. The first kappa shape index (κ1) is 16.0. The maximum absolute atomic E-state index is 5.97. The number of piperidine rings is 1. The van der Waals surface area contributed by atoms with E-state index >= 15 is 0 Å². The molecule has 0 amide bonds. The lowest BCUT2D eigenvalue weighted by Gasteiger charge is -2.32. The first-order valence-electron chi connectivity index (χ1n) is 8.53. The van der Waals surface area contributed by atoms with Crippen LogP contribution in [-0.4, -0.2) is 39.4 Å². The van der Waals surface area contributed by atoms with Crippen molar-refractivity contribution in [2.24, 2.45) is 5.92 Å². The molecule has 1 fully saturated rings. The Morgan fingerprint density at radius 3 is 2.87 bits per heavy atom. The minimum absolute atomic E-state index is 0.586. The molecule has 1 saturated heterocycles. The highest BCUT2D eigenvalue weighted by molar-refractivity contribution is 5.26. The molecule has 1 aromatic heterocycles. The highest BCUT2D eigenvalue weighted by atomic mass is 16.5. The van der Waals surface area contributed by atoms with Crippen molar-refractivity contribution in [2.75, 3.05) is 19.7 Å². The molecule has 5 heteroatoms. The molecule has 1 aliphatic rings. The molecule has 3 rings (SSSR count). The van der Waals surface area contributed by atoms with Gasteiger partial charge in [-0.05, 0) is 45.4 Å². The molecule has 0 N–H and O–H groups in total. The quantitative estimate of drug-likeness (QED) is 0.822. The number of likely N-dealkylation sites (tertiary alicyclic amines) is 1. The summed E-state index contributed by atoms with van der Waals surface area (Å²) in [6, 6.07) is 8.31. The molecule has 1 aliphatic heterocycles. The van der Waals surface area contributed by atoms with Gasteiger partial charge in [0.25, 0.3) is 0 Å². The smallest absolute Gasteiger partial charge is 0.140 e. The van der Waals surface area contributed by atoms with Crippen LogP contribution >= 0.6 is 0 Å². The third-order valence-corrected chi connectivity index (χ3v) is 4.47. The average Bonchev–Trinajstić information content (AvgIpc) is 3.02. The van der Waals surface area contributed by atoms with Crippen molar-refractivity contribution >= 4 is 0 Å². The van der Waals surface area contributed by atoms with E-state index in [1.54, 1.807) is 6.33 Å². The summed E-state index contributed by atoms with van der Waals surface area (Å²) in [4.78, 5) is 6.86. The lowest BCUT2D eigenvalue weighted by molar-refractivity contribution is 0.121. The molecule has 0 spiro atoms. The molecule has 0 saturated carbocycles. The predicted molar refractivity (Wildman–Crippen MR) is 90.4 cm³/mol. The highest BCUT2D eigenvalue weighted by Gasteiger charge is 2.21. The number of rotatable bonds is 6. The lowest BCUT2D eigenvalue weighted by Crippen LogP contribution is -2.37. The summed E-state index contributed by atoms with van der Waals surface area (Å²) in [5.41, 5.74) is 1.27. The van der Waals surface area contributed by atoms with Crippen molar-refractivity contribution in [1.82, 2.24) is 19.7 Å². The minimum Gasteiger partial charge on any atom is -0.493 e. The van der Waals surface area contributed by atoms with Crippen LogP contribution in [0.25, 0.3) is 0 Å². The van der Waals surface area contributed by atoms with Crippen molar-refractivity contribution in [3.05, 3.63) is 42.0 Å². The molecule has 23 heavy (non-hydrogen) atoms. The van der Waals surface area contributed by atoms with E-state index in [9.17, 15) is 0 Å². The number of benzene rings is 1. The first-order valence-corrected chi connectivity index (χ1v) is 8.53. The van der Waals surface area contributed by atoms with E-state index in [2.05, 4.69) is 53.1 Å². The number of ether oxygens (including phenoxy) is 1. The van der Waals surface area contributed by atoms with E-state index in [4.69, 9.17) is 4.74 Å². The van der Waals surface area contributed by atoms with Crippen LogP contribution in [0.4, 0.5) is 0 Å². The molecule has 1 atom stereocenters. The van der Waals surface area contributed by atoms with Gasteiger partial charge in [-0.15, -0.1) is 0 Å². The topological polar surface area (TPSA) is 43.2 Å². The number of nitrogens with zero attached hydrogens (tertiary/aromatic N) is 4. The Hall–Kier alpha value is -1.88. The van der Waals surface area contributed by atoms with Crippen LogP contribution in [0.1, 0.15) is 31.2 Å². The number of aromatic nitrogens is 3. The predicted octanol–water partition coefficient (Wildman–Crippen LogP) is 2.90. The molecule has 124 valence electrons. The Morgan fingerprint density at radius 1 is 1.26 bits per heavy atom. The molecule has 0 bridgehead atoms. The SMILES string of the molecule is CCn1ncnc1CN1CCCC(COc2ccc(C)cc2)C1. The normalized spacial score (nSPS) is 19.0. The summed E-state index contributed by atoms with van der Waals surface area (Å²) in [7, 11) is 0. The second kappa shape index (κ2) is 7.59. The standard InChI is InChI=1S/C18H26N4O/c1-3-22-18(19-14-20-22)12-21-10-4-5-16(11-21)13-23-17-8-6-15(2)7-9-17/h6-9,14,16H,3-5,10-13H2,1-2H3. The minimum atomic E-state index is 0.586. The Morgan fingerprint density at radius 2 is 2.09 bits per heavy atom. The fourth-order valence-corrected chi connectivity index (χ4v) is 3.15. The van der Waals surface area contributed by atoms with E-state index in [1.165, 1.54) is 18.4 Å². The van der Waals surface area contributed by atoms with Crippen LogP contribution in [0.3, 0.4) is 0 Å². The molecule has 2 heterocycles. The third-order valence-electron chi connectivity index (χ3n) is 4.47. The second-order valence-electron chi connectivity index (χ2n) is 6.36. The van der Waals surface area contributed by atoms with E-state index < -0.39 is 0 Å². The number of aryl methyl sites for hydroxylation is 2. The Balaban J connectivity index is 1.51. The fraction of sp³-hybridized carbons (Fsp3) is 0.556. The zero-order chi connectivity index (χ0) is 16.1. The zero-order valence-corrected chi connectivity index (χ0v) is 14.1. The molecule has 1 aromatic carbocycles. The Labute approximate surface area is 138 Å². The highest BCUT2D eigenvalue weighted by Crippen LogP contribution is 2.20. The van der Waals surface area contributed by atoms with Crippen LogP contribution in [0.15, 0.2) is 30.6 Å². The molecular formula is C18H26N4O. The largest absolute Gasteiger partial charge is 0.493 e. The Bertz CT molecular complexity index is 608. The van der Waals surface area contributed by atoms with Crippen molar-refractivity contribution in [3.8, 4) is 5.75 Å². The van der Waals surface area contributed by atoms with E-state index in [0.717, 1.165) is 44.4 Å².